The summed E-state index contributed by atoms with van der Waals surface area (Å²) in [6.07, 6.45) is 0. The molecule has 0 aliphatic heterocycles. The molecule has 0 saturated carbocycles. The zero-order valence-corrected chi connectivity index (χ0v) is 7.40. The minimum Gasteiger partial charge on any atom is -0.508 e. The van der Waals surface area contributed by atoms with E-state index in [0.717, 1.165) is 0 Å². The van der Waals surface area contributed by atoms with Crippen molar-refractivity contribution in [2.45, 2.75) is 6.92 Å². The van der Waals surface area contributed by atoms with Crippen LogP contribution in [0.3, 0.4) is 0 Å². The van der Waals surface area contributed by atoms with Crippen molar-refractivity contribution in [2.75, 3.05) is 6.54 Å². The normalized spacial score (nSPS) is 8.46. The number of aryl methyl sites for hydroxylation is 1. The fourth-order valence-corrected chi connectivity index (χ4v) is 0.545. The van der Waals surface area contributed by atoms with E-state index in [1.54, 1.807) is 12.1 Å². The number of hydrogen-bond acceptors (Lipinski definition) is 3. The molecule has 0 atom stereocenters. The molecule has 0 bridgehead atoms. The third kappa shape index (κ3) is 6.83. The Balaban J connectivity index is 0.000000252. The maximum atomic E-state index is 9.24. The van der Waals surface area contributed by atoms with Gasteiger partial charge in [0.25, 0.3) is 0 Å². The van der Waals surface area contributed by atoms with Gasteiger partial charge in [0.2, 0.25) is 0 Å². The first-order valence-corrected chi connectivity index (χ1v) is 3.73. The van der Waals surface area contributed by atoms with E-state index in [0.29, 0.717) is 5.75 Å². The molecular formula is C9H13NO3. The van der Waals surface area contributed by atoms with Gasteiger partial charge in [-0.3, -0.25) is 4.79 Å². The average Bonchev–Trinajstić information content (AvgIpc) is 2.11. The summed E-state index contributed by atoms with van der Waals surface area (Å²) in [5.74, 6) is -0.638. The summed E-state index contributed by atoms with van der Waals surface area (Å²) in [4.78, 5) is 9.24. The maximum Gasteiger partial charge on any atom is 0.317 e. The SMILES string of the molecule is Cc1ccc(O)cc1.NCC(=O)O. The molecule has 0 spiro atoms. The molecule has 72 valence electrons. The molecular weight excluding hydrogens is 170 g/mol. The molecule has 13 heavy (non-hydrogen) atoms. The van der Waals surface area contributed by atoms with E-state index < -0.39 is 5.97 Å². The quantitative estimate of drug-likeness (QED) is 0.599. The Morgan fingerprint density at radius 2 is 1.77 bits per heavy atom. The van der Waals surface area contributed by atoms with Gasteiger partial charge in [-0.25, -0.2) is 0 Å². The van der Waals surface area contributed by atoms with Crippen LogP contribution in [0.15, 0.2) is 24.3 Å². The number of benzene rings is 1. The smallest absolute Gasteiger partial charge is 0.317 e. The second kappa shape index (κ2) is 6.02. The van der Waals surface area contributed by atoms with E-state index in [2.05, 4.69) is 5.73 Å². The molecule has 0 aliphatic carbocycles. The van der Waals surface area contributed by atoms with E-state index in [4.69, 9.17) is 10.2 Å². The molecule has 0 amide bonds. The molecule has 0 heterocycles. The molecule has 0 unspecified atom stereocenters. The standard InChI is InChI=1S/C7H8O.C2H5NO2/c1-6-2-4-7(8)5-3-6;3-1-2(4)5/h2-5,8H,1H3;1,3H2,(H,4,5). The van der Waals surface area contributed by atoms with Crippen LogP contribution in [0, 0.1) is 6.92 Å². The summed E-state index contributed by atoms with van der Waals surface area (Å²) in [5, 5.41) is 16.4. The summed E-state index contributed by atoms with van der Waals surface area (Å²) >= 11 is 0. The van der Waals surface area contributed by atoms with Crippen LogP contribution < -0.4 is 5.73 Å². The number of phenolic OH excluding ortho intramolecular Hbond substituents is 1. The van der Waals surface area contributed by atoms with E-state index in [1.165, 1.54) is 5.56 Å². The molecule has 1 aromatic carbocycles. The third-order valence-corrected chi connectivity index (χ3v) is 1.21. The number of phenols is 1. The van der Waals surface area contributed by atoms with E-state index in [1.807, 2.05) is 19.1 Å². The Morgan fingerprint density at radius 1 is 1.38 bits per heavy atom. The minimum atomic E-state index is -0.968. The molecule has 4 nitrogen and oxygen atoms in total. The van der Waals surface area contributed by atoms with Crippen molar-refractivity contribution >= 4 is 5.97 Å². The van der Waals surface area contributed by atoms with Crippen LogP contribution in [-0.4, -0.2) is 22.7 Å². The fraction of sp³-hybridized carbons (Fsp3) is 0.222. The Labute approximate surface area is 76.6 Å². The van der Waals surface area contributed by atoms with Gasteiger partial charge in [0.15, 0.2) is 0 Å². The number of hydrogen-bond donors (Lipinski definition) is 3. The van der Waals surface area contributed by atoms with E-state index in [-0.39, 0.29) is 6.54 Å². The van der Waals surface area contributed by atoms with Crippen molar-refractivity contribution < 1.29 is 15.0 Å². The van der Waals surface area contributed by atoms with E-state index >= 15 is 0 Å². The number of aliphatic carboxylic acids is 1. The highest BCUT2D eigenvalue weighted by atomic mass is 16.4. The third-order valence-electron chi connectivity index (χ3n) is 1.21. The Bertz CT molecular complexity index is 235. The number of aromatic hydroxyl groups is 1. The predicted molar refractivity (Wildman–Crippen MR) is 49.5 cm³/mol. The van der Waals surface area contributed by atoms with Gasteiger partial charge in [-0.2, -0.15) is 0 Å². The first kappa shape index (κ1) is 11.4. The average molecular weight is 183 g/mol. The zero-order valence-electron chi connectivity index (χ0n) is 7.40. The summed E-state index contributed by atoms with van der Waals surface area (Å²) in [6, 6.07) is 7.09. The van der Waals surface area contributed by atoms with Gasteiger partial charge in [0.1, 0.15) is 5.75 Å². The van der Waals surface area contributed by atoms with Crippen molar-refractivity contribution in [3.05, 3.63) is 29.8 Å². The van der Waals surface area contributed by atoms with Crippen LogP contribution in [0.1, 0.15) is 5.56 Å². The highest BCUT2D eigenvalue weighted by Gasteiger charge is 1.82. The van der Waals surface area contributed by atoms with Gasteiger partial charge in [0, 0.05) is 0 Å². The number of carbonyl (C=O) groups is 1. The van der Waals surface area contributed by atoms with Crippen LogP contribution >= 0.6 is 0 Å². The number of nitrogens with two attached hydrogens (primary N) is 1. The summed E-state index contributed by atoms with van der Waals surface area (Å²) in [5.41, 5.74) is 5.74. The van der Waals surface area contributed by atoms with Crippen molar-refractivity contribution in [3.63, 3.8) is 0 Å². The highest BCUT2D eigenvalue weighted by molar-refractivity contribution is 5.68. The van der Waals surface area contributed by atoms with Gasteiger partial charge in [-0.15, -0.1) is 0 Å². The first-order chi connectivity index (χ1) is 6.06. The molecule has 0 radical (unpaired) electrons. The largest absolute Gasteiger partial charge is 0.508 e. The van der Waals surface area contributed by atoms with Gasteiger partial charge >= 0.3 is 5.97 Å². The van der Waals surface area contributed by atoms with Crippen LogP contribution in [0.25, 0.3) is 0 Å². The van der Waals surface area contributed by atoms with Crippen molar-refractivity contribution in [2.24, 2.45) is 5.73 Å². The van der Waals surface area contributed by atoms with Crippen LogP contribution in [-0.2, 0) is 4.79 Å². The molecule has 4 heteroatoms. The van der Waals surface area contributed by atoms with Crippen molar-refractivity contribution in [1.82, 2.24) is 0 Å². The summed E-state index contributed by atoms with van der Waals surface area (Å²) in [7, 11) is 0. The van der Waals surface area contributed by atoms with Crippen LogP contribution in [0.4, 0.5) is 0 Å². The first-order valence-electron chi connectivity index (χ1n) is 3.73. The predicted octanol–water partition coefficient (Wildman–Crippen LogP) is 0.730. The fourth-order valence-electron chi connectivity index (χ4n) is 0.545. The Morgan fingerprint density at radius 3 is 2.00 bits per heavy atom. The molecule has 0 aliphatic rings. The number of carboxylic acid groups (broad SMARTS) is 1. The Hall–Kier alpha value is -1.55. The van der Waals surface area contributed by atoms with Crippen LogP contribution in [0.2, 0.25) is 0 Å². The van der Waals surface area contributed by atoms with Gasteiger partial charge in [-0.05, 0) is 19.1 Å². The second-order valence-corrected chi connectivity index (χ2v) is 2.43. The molecule has 0 aromatic heterocycles. The lowest BCUT2D eigenvalue weighted by molar-refractivity contribution is -0.135. The van der Waals surface area contributed by atoms with Gasteiger partial charge in [-0.1, -0.05) is 17.7 Å². The lowest BCUT2D eigenvalue weighted by atomic mass is 10.2. The maximum absolute atomic E-state index is 9.24. The lowest BCUT2D eigenvalue weighted by Crippen LogP contribution is -2.10. The summed E-state index contributed by atoms with van der Waals surface area (Å²) in [6.45, 7) is 1.71. The van der Waals surface area contributed by atoms with Crippen molar-refractivity contribution in [1.29, 1.82) is 0 Å². The molecule has 1 aromatic rings. The second-order valence-electron chi connectivity index (χ2n) is 2.43. The lowest BCUT2D eigenvalue weighted by Gasteiger charge is -1.89. The van der Waals surface area contributed by atoms with E-state index in [9.17, 15) is 4.79 Å². The summed E-state index contributed by atoms with van der Waals surface area (Å²) < 4.78 is 0. The van der Waals surface area contributed by atoms with Gasteiger partial charge < -0.3 is 15.9 Å². The Kier molecular flexibility index (Phi) is 5.30. The monoisotopic (exact) mass is 183 g/mol. The molecule has 1 rings (SSSR count). The molecule has 0 saturated heterocycles. The van der Waals surface area contributed by atoms with Crippen molar-refractivity contribution in [3.8, 4) is 5.75 Å². The van der Waals surface area contributed by atoms with Crippen LogP contribution in [0.5, 0.6) is 5.75 Å². The topological polar surface area (TPSA) is 83.5 Å². The number of carboxylic acids is 1. The molecule has 4 N–H and O–H groups in total. The number of rotatable bonds is 1. The minimum absolute atomic E-state index is 0.278. The van der Waals surface area contributed by atoms with Gasteiger partial charge in [0.05, 0.1) is 6.54 Å². The highest BCUT2D eigenvalue weighted by Crippen LogP contribution is 2.07. The molecule has 0 fully saturated rings. The zero-order chi connectivity index (χ0) is 10.3.